The van der Waals surface area contributed by atoms with Gasteiger partial charge in [0.05, 0.1) is 5.69 Å². The number of carbonyl (C=O) groups is 2. The molecule has 4 aromatic rings. The SMILES string of the molecule is O=C(COc1ccc(NC(=O)c2cccc(F)c2)c2cccnc12)Nc1ccc(O)c(O)c1. The lowest BCUT2D eigenvalue weighted by atomic mass is 10.1. The van der Waals surface area contributed by atoms with E-state index < -0.39 is 17.6 Å². The molecular formula is C24H18FN3O5. The maximum atomic E-state index is 13.4. The molecule has 0 fully saturated rings. The van der Waals surface area contributed by atoms with Gasteiger partial charge in [0.2, 0.25) is 0 Å². The van der Waals surface area contributed by atoms with Gasteiger partial charge in [-0.3, -0.25) is 14.6 Å². The van der Waals surface area contributed by atoms with Crippen molar-refractivity contribution in [2.45, 2.75) is 0 Å². The number of carbonyl (C=O) groups excluding carboxylic acids is 2. The van der Waals surface area contributed by atoms with E-state index in [0.29, 0.717) is 22.3 Å². The third-order valence-electron chi connectivity index (χ3n) is 4.69. The second-order valence-corrected chi connectivity index (χ2v) is 7.02. The maximum absolute atomic E-state index is 13.4. The number of hydrogen-bond acceptors (Lipinski definition) is 6. The molecule has 0 aliphatic heterocycles. The average molecular weight is 447 g/mol. The molecule has 33 heavy (non-hydrogen) atoms. The van der Waals surface area contributed by atoms with Crippen molar-refractivity contribution in [2.24, 2.45) is 0 Å². The summed E-state index contributed by atoms with van der Waals surface area (Å²) in [6, 6.07) is 15.8. The molecule has 0 radical (unpaired) electrons. The van der Waals surface area contributed by atoms with Gasteiger partial charge in [0, 0.05) is 28.9 Å². The summed E-state index contributed by atoms with van der Waals surface area (Å²) in [4.78, 5) is 29.0. The van der Waals surface area contributed by atoms with E-state index >= 15 is 0 Å². The highest BCUT2D eigenvalue weighted by Crippen LogP contribution is 2.31. The molecule has 0 bridgehead atoms. The van der Waals surface area contributed by atoms with Crippen LogP contribution in [-0.4, -0.2) is 33.6 Å². The van der Waals surface area contributed by atoms with Gasteiger partial charge in [-0.05, 0) is 54.6 Å². The smallest absolute Gasteiger partial charge is 0.262 e. The molecule has 1 heterocycles. The van der Waals surface area contributed by atoms with Gasteiger partial charge in [-0.25, -0.2) is 4.39 Å². The second-order valence-electron chi connectivity index (χ2n) is 7.02. The van der Waals surface area contributed by atoms with Gasteiger partial charge >= 0.3 is 0 Å². The van der Waals surface area contributed by atoms with Crippen LogP contribution in [0.3, 0.4) is 0 Å². The lowest BCUT2D eigenvalue weighted by molar-refractivity contribution is -0.118. The van der Waals surface area contributed by atoms with Crippen LogP contribution in [0.25, 0.3) is 10.9 Å². The summed E-state index contributed by atoms with van der Waals surface area (Å²) >= 11 is 0. The number of fused-ring (bicyclic) bond motifs is 1. The minimum Gasteiger partial charge on any atom is -0.504 e. The van der Waals surface area contributed by atoms with Crippen molar-refractivity contribution in [1.82, 2.24) is 4.98 Å². The van der Waals surface area contributed by atoms with E-state index in [0.717, 1.165) is 6.07 Å². The zero-order valence-corrected chi connectivity index (χ0v) is 17.1. The number of amides is 2. The number of phenols is 2. The second kappa shape index (κ2) is 9.23. The summed E-state index contributed by atoms with van der Waals surface area (Å²) in [5.74, 6) is -1.83. The Bertz CT molecular complexity index is 1360. The van der Waals surface area contributed by atoms with E-state index in [2.05, 4.69) is 15.6 Å². The summed E-state index contributed by atoms with van der Waals surface area (Å²) in [6.45, 7) is -0.345. The summed E-state index contributed by atoms with van der Waals surface area (Å²) in [6.07, 6.45) is 1.55. The summed E-state index contributed by atoms with van der Waals surface area (Å²) in [7, 11) is 0. The van der Waals surface area contributed by atoms with Crippen LogP contribution in [-0.2, 0) is 4.79 Å². The molecule has 0 aliphatic carbocycles. The number of rotatable bonds is 6. The first-order valence-corrected chi connectivity index (χ1v) is 9.80. The fourth-order valence-electron chi connectivity index (χ4n) is 3.14. The van der Waals surface area contributed by atoms with Crippen molar-refractivity contribution in [3.63, 3.8) is 0 Å². The fourth-order valence-corrected chi connectivity index (χ4v) is 3.14. The number of nitrogens with one attached hydrogen (secondary N) is 2. The number of halogens is 1. The average Bonchev–Trinajstić information content (AvgIpc) is 2.81. The van der Waals surface area contributed by atoms with Gasteiger partial charge in [-0.15, -0.1) is 0 Å². The van der Waals surface area contributed by atoms with Crippen molar-refractivity contribution >= 4 is 34.1 Å². The Kier molecular flexibility index (Phi) is 6.03. The Labute approximate surface area is 187 Å². The molecule has 166 valence electrons. The van der Waals surface area contributed by atoms with Crippen LogP contribution in [0.2, 0.25) is 0 Å². The Morgan fingerprint density at radius 2 is 1.79 bits per heavy atom. The van der Waals surface area contributed by atoms with Crippen molar-refractivity contribution in [2.75, 3.05) is 17.2 Å². The van der Waals surface area contributed by atoms with Gasteiger partial charge in [-0.1, -0.05) is 6.07 Å². The van der Waals surface area contributed by atoms with Crippen molar-refractivity contribution in [3.05, 3.63) is 84.3 Å². The predicted octanol–water partition coefficient (Wildman–Crippen LogP) is 4.05. The standard InChI is InChI=1S/C24H18FN3O5/c25-15-4-1-3-14(11-15)24(32)28-18-7-9-21(23-17(18)5-2-10-26-23)33-13-22(31)27-16-6-8-19(29)20(30)12-16/h1-12,29-30H,13H2,(H,27,31)(H,28,32). The van der Waals surface area contributed by atoms with Crippen LogP contribution in [0.1, 0.15) is 10.4 Å². The number of phenolic OH excluding ortho intramolecular Hbond substituents is 2. The molecule has 4 N–H and O–H groups in total. The number of ether oxygens (including phenoxy) is 1. The number of pyridine rings is 1. The third kappa shape index (κ3) is 4.99. The van der Waals surface area contributed by atoms with Gasteiger partial charge in [0.15, 0.2) is 18.1 Å². The maximum Gasteiger partial charge on any atom is 0.262 e. The highest BCUT2D eigenvalue weighted by Gasteiger charge is 2.14. The molecule has 2 amide bonds. The highest BCUT2D eigenvalue weighted by atomic mass is 19.1. The van der Waals surface area contributed by atoms with Crippen LogP contribution < -0.4 is 15.4 Å². The highest BCUT2D eigenvalue weighted by molar-refractivity contribution is 6.09. The Hall–Kier alpha value is -4.66. The van der Waals surface area contributed by atoms with E-state index in [1.165, 1.54) is 36.4 Å². The largest absolute Gasteiger partial charge is 0.504 e. The Balaban J connectivity index is 1.49. The van der Waals surface area contributed by atoms with Crippen LogP contribution >= 0.6 is 0 Å². The topological polar surface area (TPSA) is 121 Å². The number of anilines is 2. The van der Waals surface area contributed by atoms with Gasteiger partial charge in [0.1, 0.15) is 17.1 Å². The molecule has 0 atom stereocenters. The first-order chi connectivity index (χ1) is 15.9. The first-order valence-electron chi connectivity index (χ1n) is 9.80. The minimum absolute atomic E-state index is 0.171. The summed E-state index contributed by atoms with van der Waals surface area (Å²) in [5, 5.41) is 24.7. The third-order valence-corrected chi connectivity index (χ3v) is 4.69. The Morgan fingerprint density at radius 1 is 0.939 bits per heavy atom. The van der Waals surface area contributed by atoms with Crippen molar-refractivity contribution in [3.8, 4) is 17.2 Å². The normalized spacial score (nSPS) is 10.6. The number of hydrogen-bond donors (Lipinski definition) is 4. The summed E-state index contributed by atoms with van der Waals surface area (Å²) in [5.41, 5.74) is 1.33. The predicted molar refractivity (Wildman–Crippen MR) is 120 cm³/mol. The van der Waals surface area contributed by atoms with E-state index in [4.69, 9.17) is 4.74 Å². The number of benzene rings is 3. The monoisotopic (exact) mass is 447 g/mol. The van der Waals surface area contributed by atoms with E-state index in [9.17, 15) is 24.2 Å². The molecule has 0 saturated heterocycles. The Morgan fingerprint density at radius 3 is 2.58 bits per heavy atom. The molecule has 9 heteroatoms. The molecule has 3 aromatic carbocycles. The van der Waals surface area contributed by atoms with Gasteiger partial charge in [0.25, 0.3) is 11.8 Å². The fraction of sp³-hybridized carbons (Fsp3) is 0.0417. The molecule has 8 nitrogen and oxygen atoms in total. The molecule has 0 unspecified atom stereocenters. The van der Waals surface area contributed by atoms with E-state index in [1.807, 2.05) is 0 Å². The molecule has 1 aromatic heterocycles. The quantitative estimate of drug-likeness (QED) is 0.261. The molecule has 0 aliphatic rings. The lowest BCUT2D eigenvalue weighted by Crippen LogP contribution is -2.20. The molecule has 4 rings (SSSR count). The van der Waals surface area contributed by atoms with Gasteiger partial charge in [-0.2, -0.15) is 0 Å². The number of nitrogens with zero attached hydrogens (tertiary/aromatic N) is 1. The number of aromatic nitrogens is 1. The van der Waals surface area contributed by atoms with E-state index in [1.54, 1.807) is 30.5 Å². The van der Waals surface area contributed by atoms with E-state index in [-0.39, 0.29) is 29.4 Å². The lowest BCUT2D eigenvalue weighted by Gasteiger charge is -2.13. The molecular weight excluding hydrogens is 429 g/mol. The number of aromatic hydroxyl groups is 2. The van der Waals surface area contributed by atoms with Crippen LogP contribution in [0.4, 0.5) is 15.8 Å². The van der Waals surface area contributed by atoms with Crippen molar-refractivity contribution < 1.29 is 28.9 Å². The summed E-state index contributed by atoms with van der Waals surface area (Å²) < 4.78 is 19.1. The molecule has 0 saturated carbocycles. The van der Waals surface area contributed by atoms with Gasteiger partial charge < -0.3 is 25.6 Å². The first kappa shape index (κ1) is 21.6. The zero-order chi connectivity index (χ0) is 23.4. The van der Waals surface area contributed by atoms with Crippen LogP contribution in [0, 0.1) is 5.82 Å². The zero-order valence-electron chi connectivity index (χ0n) is 17.1. The minimum atomic E-state index is -0.515. The van der Waals surface area contributed by atoms with Crippen LogP contribution in [0.5, 0.6) is 17.2 Å². The van der Waals surface area contributed by atoms with Crippen LogP contribution in [0.15, 0.2) is 72.9 Å². The molecule has 0 spiro atoms. The van der Waals surface area contributed by atoms with Crippen molar-refractivity contribution in [1.29, 1.82) is 0 Å².